The van der Waals surface area contributed by atoms with Crippen LogP contribution >= 0.6 is 0 Å². The van der Waals surface area contributed by atoms with E-state index in [-0.39, 0.29) is 36.9 Å². The van der Waals surface area contributed by atoms with Gasteiger partial charge in [0.25, 0.3) is 0 Å². The maximum Gasteiger partial charge on any atom is 0.220 e. The average molecular weight is 309 g/mol. The minimum absolute atomic E-state index is 0.0293. The van der Waals surface area contributed by atoms with Crippen molar-refractivity contribution in [2.24, 2.45) is 11.3 Å². The smallest absolute Gasteiger partial charge is 0.220 e. The zero-order valence-corrected chi connectivity index (χ0v) is 12.9. The van der Waals surface area contributed by atoms with E-state index in [1.807, 2.05) is 13.0 Å². The molecule has 0 saturated heterocycles. The Hall–Kier alpha value is -1.46. The summed E-state index contributed by atoms with van der Waals surface area (Å²) in [6.45, 7) is 1.87. The first kappa shape index (κ1) is 16.9. The van der Waals surface area contributed by atoms with Crippen LogP contribution in [0.15, 0.2) is 24.3 Å². The molecule has 3 N–H and O–H groups in total. The molecule has 0 spiro atoms. The fourth-order valence-electron chi connectivity index (χ4n) is 3.14. The molecule has 1 atom stereocenters. The van der Waals surface area contributed by atoms with Crippen LogP contribution < -0.4 is 5.32 Å². The molecule has 0 bridgehead atoms. The normalized spacial score (nSPS) is 18.5. The Morgan fingerprint density at radius 1 is 1.41 bits per heavy atom. The molecule has 122 valence electrons. The summed E-state index contributed by atoms with van der Waals surface area (Å²) in [7, 11) is 0. The number of benzene rings is 1. The Bertz CT molecular complexity index is 508. The summed E-state index contributed by atoms with van der Waals surface area (Å²) in [5.41, 5.74) is 0.467. The number of amides is 1. The number of nitrogens with one attached hydrogen (secondary N) is 1. The number of hydrogen-bond donors (Lipinski definition) is 3. The SMILES string of the molecule is CC(CC(=O)NC1CC(CO)(CO)C1)Cc1cccc(F)c1. The van der Waals surface area contributed by atoms with E-state index in [0.29, 0.717) is 25.7 Å². The van der Waals surface area contributed by atoms with Crippen molar-refractivity contribution in [3.05, 3.63) is 35.6 Å². The lowest BCUT2D eigenvalue weighted by Crippen LogP contribution is -2.54. The number of hydrogen-bond acceptors (Lipinski definition) is 3. The third kappa shape index (κ3) is 4.27. The second kappa shape index (κ2) is 7.20. The summed E-state index contributed by atoms with van der Waals surface area (Å²) < 4.78 is 13.1. The summed E-state index contributed by atoms with van der Waals surface area (Å²) >= 11 is 0. The van der Waals surface area contributed by atoms with Crippen molar-refractivity contribution >= 4 is 5.91 Å². The summed E-state index contributed by atoms with van der Waals surface area (Å²) in [5.74, 6) is -0.159. The molecule has 1 aliphatic carbocycles. The van der Waals surface area contributed by atoms with E-state index in [1.54, 1.807) is 6.07 Å². The Morgan fingerprint density at radius 2 is 2.09 bits per heavy atom. The first-order valence-electron chi connectivity index (χ1n) is 7.72. The van der Waals surface area contributed by atoms with Gasteiger partial charge in [0.2, 0.25) is 5.91 Å². The van der Waals surface area contributed by atoms with E-state index < -0.39 is 5.41 Å². The molecule has 0 radical (unpaired) electrons. The Labute approximate surface area is 130 Å². The molecule has 1 saturated carbocycles. The zero-order valence-electron chi connectivity index (χ0n) is 12.9. The molecule has 0 aliphatic heterocycles. The number of carbonyl (C=O) groups is 1. The Balaban J connectivity index is 1.73. The van der Waals surface area contributed by atoms with Crippen molar-refractivity contribution in [1.29, 1.82) is 0 Å². The van der Waals surface area contributed by atoms with Gasteiger partial charge >= 0.3 is 0 Å². The number of halogens is 1. The quantitative estimate of drug-likeness (QED) is 0.717. The highest BCUT2D eigenvalue weighted by molar-refractivity contribution is 5.76. The standard InChI is InChI=1S/C17H24FNO3/c1-12(5-13-3-2-4-14(18)7-13)6-16(22)19-15-8-17(9-15,10-20)11-21/h2-4,7,12,15,20-21H,5-6,8-11H2,1H3,(H,19,22). The van der Waals surface area contributed by atoms with Crippen LogP contribution in [0.1, 0.15) is 31.7 Å². The molecule has 1 aliphatic rings. The maximum atomic E-state index is 13.1. The average Bonchev–Trinajstić information content (AvgIpc) is 2.42. The van der Waals surface area contributed by atoms with Crippen molar-refractivity contribution in [2.75, 3.05) is 13.2 Å². The zero-order chi connectivity index (χ0) is 16.2. The van der Waals surface area contributed by atoms with E-state index in [4.69, 9.17) is 0 Å². The van der Waals surface area contributed by atoms with Crippen molar-refractivity contribution in [3.8, 4) is 0 Å². The van der Waals surface area contributed by atoms with Gasteiger partial charge in [-0.05, 0) is 42.9 Å². The first-order valence-corrected chi connectivity index (χ1v) is 7.72. The molecule has 1 fully saturated rings. The van der Waals surface area contributed by atoms with Gasteiger partial charge in [0, 0.05) is 17.9 Å². The second-order valence-electron chi connectivity index (χ2n) is 6.63. The fourth-order valence-corrected chi connectivity index (χ4v) is 3.14. The molecule has 22 heavy (non-hydrogen) atoms. The molecular weight excluding hydrogens is 285 g/mol. The lowest BCUT2D eigenvalue weighted by Gasteiger charge is -2.45. The first-order chi connectivity index (χ1) is 10.5. The van der Waals surface area contributed by atoms with Crippen LogP contribution in [-0.4, -0.2) is 35.4 Å². The predicted octanol–water partition coefficient (Wildman–Crippen LogP) is 1.64. The van der Waals surface area contributed by atoms with E-state index in [2.05, 4.69) is 5.32 Å². The monoisotopic (exact) mass is 309 g/mol. The Morgan fingerprint density at radius 3 is 2.68 bits per heavy atom. The van der Waals surface area contributed by atoms with Gasteiger partial charge < -0.3 is 15.5 Å². The third-order valence-corrected chi connectivity index (χ3v) is 4.40. The van der Waals surface area contributed by atoms with Gasteiger partial charge in [-0.15, -0.1) is 0 Å². The third-order valence-electron chi connectivity index (χ3n) is 4.40. The van der Waals surface area contributed by atoms with E-state index in [0.717, 1.165) is 5.56 Å². The molecular formula is C17H24FNO3. The lowest BCUT2D eigenvalue weighted by molar-refractivity contribution is -0.125. The largest absolute Gasteiger partial charge is 0.396 e. The van der Waals surface area contributed by atoms with Crippen molar-refractivity contribution in [2.45, 2.75) is 38.6 Å². The van der Waals surface area contributed by atoms with Gasteiger partial charge in [0.15, 0.2) is 0 Å². The van der Waals surface area contributed by atoms with Crippen molar-refractivity contribution in [3.63, 3.8) is 0 Å². The molecule has 2 rings (SSSR count). The minimum atomic E-state index is -0.425. The highest BCUT2D eigenvalue weighted by Gasteiger charge is 2.43. The molecule has 1 aromatic rings. The minimum Gasteiger partial charge on any atom is -0.396 e. The van der Waals surface area contributed by atoms with Gasteiger partial charge in [-0.3, -0.25) is 4.79 Å². The maximum absolute atomic E-state index is 13.1. The fraction of sp³-hybridized carbons (Fsp3) is 0.588. The van der Waals surface area contributed by atoms with E-state index >= 15 is 0 Å². The van der Waals surface area contributed by atoms with Crippen LogP contribution in [0.5, 0.6) is 0 Å². The van der Waals surface area contributed by atoms with Crippen LogP contribution in [0, 0.1) is 17.2 Å². The molecule has 4 nitrogen and oxygen atoms in total. The van der Waals surface area contributed by atoms with Crippen LogP contribution in [0.4, 0.5) is 4.39 Å². The van der Waals surface area contributed by atoms with Crippen molar-refractivity contribution in [1.82, 2.24) is 5.32 Å². The van der Waals surface area contributed by atoms with Gasteiger partial charge in [-0.2, -0.15) is 0 Å². The molecule has 1 unspecified atom stereocenters. The topological polar surface area (TPSA) is 69.6 Å². The molecule has 0 aromatic heterocycles. The van der Waals surface area contributed by atoms with Gasteiger partial charge in [0.05, 0.1) is 13.2 Å². The van der Waals surface area contributed by atoms with Gasteiger partial charge in [-0.1, -0.05) is 19.1 Å². The van der Waals surface area contributed by atoms with E-state index in [1.165, 1.54) is 12.1 Å². The van der Waals surface area contributed by atoms with Gasteiger partial charge in [-0.25, -0.2) is 4.39 Å². The number of aliphatic hydroxyl groups is 2. The highest BCUT2D eigenvalue weighted by Crippen LogP contribution is 2.40. The molecule has 0 heterocycles. The number of carbonyl (C=O) groups excluding carboxylic acids is 1. The molecule has 1 amide bonds. The van der Waals surface area contributed by atoms with Crippen LogP contribution in [-0.2, 0) is 11.2 Å². The Kier molecular flexibility index (Phi) is 5.53. The number of aliphatic hydroxyl groups excluding tert-OH is 2. The summed E-state index contributed by atoms with van der Waals surface area (Å²) in [6.07, 6.45) is 2.28. The predicted molar refractivity (Wildman–Crippen MR) is 81.7 cm³/mol. The van der Waals surface area contributed by atoms with Crippen molar-refractivity contribution < 1.29 is 19.4 Å². The van der Waals surface area contributed by atoms with Crippen LogP contribution in [0.25, 0.3) is 0 Å². The highest BCUT2D eigenvalue weighted by atomic mass is 19.1. The summed E-state index contributed by atoms with van der Waals surface area (Å²) in [5, 5.41) is 21.4. The molecule has 5 heteroatoms. The van der Waals surface area contributed by atoms with Crippen LogP contribution in [0.3, 0.4) is 0 Å². The van der Waals surface area contributed by atoms with Crippen LogP contribution in [0.2, 0.25) is 0 Å². The number of rotatable bonds is 7. The van der Waals surface area contributed by atoms with E-state index in [9.17, 15) is 19.4 Å². The summed E-state index contributed by atoms with van der Waals surface area (Å²) in [6, 6.07) is 6.48. The lowest BCUT2D eigenvalue weighted by atomic mass is 9.66. The molecule has 1 aromatic carbocycles. The van der Waals surface area contributed by atoms with Gasteiger partial charge in [0.1, 0.15) is 5.82 Å². The second-order valence-corrected chi connectivity index (χ2v) is 6.63. The summed E-state index contributed by atoms with van der Waals surface area (Å²) in [4.78, 5) is 12.0.